The molecule has 0 aliphatic rings. The van der Waals surface area contributed by atoms with Crippen molar-refractivity contribution < 1.29 is 4.79 Å². The predicted octanol–water partition coefficient (Wildman–Crippen LogP) is 2.76. The monoisotopic (exact) mass is 378 g/mol. The minimum Gasteiger partial charge on any atom is -0.356 e. The maximum Gasteiger partial charge on any atom is 0.261 e. The molecule has 0 unspecified atom stereocenters. The molecule has 7 heteroatoms. The third-order valence-corrected chi connectivity index (χ3v) is 5.41. The molecule has 4 aromatic rings. The first kappa shape index (κ1) is 17.4. The average Bonchev–Trinajstić information content (AvgIpc) is 3.10. The van der Waals surface area contributed by atoms with Crippen molar-refractivity contribution in [1.29, 1.82) is 0 Å². The van der Waals surface area contributed by atoms with Crippen LogP contribution in [0.25, 0.3) is 21.1 Å². The summed E-state index contributed by atoms with van der Waals surface area (Å²) in [5, 5.41) is 4.47. The van der Waals surface area contributed by atoms with Crippen molar-refractivity contribution >= 4 is 38.4 Å². The van der Waals surface area contributed by atoms with Gasteiger partial charge in [-0.15, -0.1) is 11.3 Å². The van der Waals surface area contributed by atoms with Crippen LogP contribution in [0.4, 0.5) is 0 Å². The largest absolute Gasteiger partial charge is 0.356 e. The smallest absolute Gasteiger partial charge is 0.261 e. The van der Waals surface area contributed by atoms with Crippen LogP contribution >= 0.6 is 11.3 Å². The highest BCUT2D eigenvalue weighted by molar-refractivity contribution is 7.18. The highest BCUT2D eigenvalue weighted by Gasteiger charge is 2.07. The van der Waals surface area contributed by atoms with Gasteiger partial charge in [0.25, 0.3) is 5.56 Å². The molecule has 2 heterocycles. The van der Waals surface area contributed by atoms with Crippen LogP contribution in [-0.4, -0.2) is 27.0 Å². The minimum absolute atomic E-state index is 0.0869. The Balaban J connectivity index is 1.31. The summed E-state index contributed by atoms with van der Waals surface area (Å²) in [5.41, 5.74) is 1.54. The van der Waals surface area contributed by atoms with Crippen molar-refractivity contribution in [2.24, 2.45) is 0 Å². The van der Waals surface area contributed by atoms with E-state index in [9.17, 15) is 9.59 Å². The van der Waals surface area contributed by atoms with Gasteiger partial charge in [0.1, 0.15) is 0 Å². The van der Waals surface area contributed by atoms with Gasteiger partial charge in [0, 0.05) is 25.9 Å². The van der Waals surface area contributed by atoms with E-state index in [2.05, 4.69) is 15.3 Å². The van der Waals surface area contributed by atoms with Crippen molar-refractivity contribution in [3.63, 3.8) is 0 Å². The quantitative estimate of drug-likeness (QED) is 0.560. The molecule has 0 saturated carbocycles. The number of rotatable bonds is 6. The predicted molar refractivity (Wildman–Crippen MR) is 107 cm³/mol. The van der Waals surface area contributed by atoms with Gasteiger partial charge in [-0.05, 0) is 24.3 Å². The first-order valence-corrected chi connectivity index (χ1v) is 9.58. The molecule has 136 valence electrons. The zero-order valence-electron chi connectivity index (χ0n) is 14.6. The number of benzene rings is 2. The molecule has 2 aromatic carbocycles. The molecule has 0 atom stereocenters. The topological polar surface area (TPSA) is 76.9 Å². The molecule has 4 rings (SSSR count). The van der Waals surface area contributed by atoms with Gasteiger partial charge in [-0.2, -0.15) is 0 Å². The number of para-hydroxylation sites is 2. The zero-order chi connectivity index (χ0) is 18.6. The van der Waals surface area contributed by atoms with Crippen molar-refractivity contribution in [3.8, 4) is 0 Å². The molecule has 27 heavy (non-hydrogen) atoms. The molecule has 0 fully saturated rings. The molecule has 1 amide bonds. The molecule has 0 spiro atoms. The lowest BCUT2D eigenvalue weighted by Gasteiger charge is -2.07. The third kappa shape index (κ3) is 3.88. The minimum atomic E-state index is -0.122. The third-order valence-electron chi connectivity index (χ3n) is 4.31. The van der Waals surface area contributed by atoms with Crippen molar-refractivity contribution in [2.75, 3.05) is 6.54 Å². The maximum absolute atomic E-state index is 12.4. The SMILES string of the molecule is O=C(CCn1cnc2ccccc2c1=O)NCCc1nc2ccccc2s1. The Morgan fingerprint density at radius 1 is 1.07 bits per heavy atom. The molecular weight excluding hydrogens is 360 g/mol. The molecule has 0 radical (unpaired) electrons. The molecule has 0 bridgehead atoms. The van der Waals surface area contributed by atoms with E-state index >= 15 is 0 Å². The van der Waals surface area contributed by atoms with Crippen LogP contribution in [0.2, 0.25) is 0 Å². The second-order valence-electron chi connectivity index (χ2n) is 6.19. The van der Waals surface area contributed by atoms with Crippen LogP contribution in [0.3, 0.4) is 0 Å². The number of hydrogen-bond donors (Lipinski definition) is 1. The maximum atomic E-state index is 12.4. The molecule has 0 aliphatic carbocycles. The number of nitrogens with zero attached hydrogens (tertiary/aromatic N) is 3. The zero-order valence-corrected chi connectivity index (χ0v) is 15.4. The van der Waals surface area contributed by atoms with Gasteiger partial charge in [-0.1, -0.05) is 24.3 Å². The Hall–Kier alpha value is -3.06. The number of carbonyl (C=O) groups excluding carboxylic acids is 1. The van der Waals surface area contributed by atoms with E-state index in [4.69, 9.17) is 0 Å². The number of carbonyl (C=O) groups is 1. The van der Waals surface area contributed by atoms with Crippen LogP contribution < -0.4 is 10.9 Å². The number of fused-ring (bicyclic) bond motifs is 2. The Kier molecular flexibility index (Phi) is 4.93. The standard InChI is InChI=1S/C20H18N4O2S/c25-18(21-11-9-19-23-16-7-3-4-8-17(16)27-19)10-12-24-13-22-15-6-2-1-5-14(15)20(24)26/h1-8,13H,9-12H2,(H,21,25). The van der Waals surface area contributed by atoms with Gasteiger partial charge in [0.05, 0.1) is 32.5 Å². The summed E-state index contributed by atoms with van der Waals surface area (Å²) >= 11 is 1.65. The first-order chi connectivity index (χ1) is 13.2. The van der Waals surface area contributed by atoms with E-state index in [1.807, 2.05) is 36.4 Å². The van der Waals surface area contributed by atoms with Gasteiger partial charge >= 0.3 is 0 Å². The summed E-state index contributed by atoms with van der Waals surface area (Å²) in [6, 6.07) is 15.2. The van der Waals surface area contributed by atoms with E-state index in [1.54, 1.807) is 23.5 Å². The van der Waals surface area contributed by atoms with Gasteiger partial charge < -0.3 is 5.32 Å². The number of thiazole rings is 1. The van der Waals surface area contributed by atoms with E-state index in [1.165, 1.54) is 10.9 Å². The number of aromatic nitrogens is 3. The number of aryl methyl sites for hydroxylation is 1. The number of amides is 1. The van der Waals surface area contributed by atoms with Crippen LogP contribution in [0.5, 0.6) is 0 Å². The molecule has 0 saturated heterocycles. The summed E-state index contributed by atoms with van der Waals surface area (Å²) in [7, 11) is 0. The lowest BCUT2D eigenvalue weighted by Crippen LogP contribution is -2.29. The second kappa shape index (κ2) is 7.67. The highest BCUT2D eigenvalue weighted by atomic mass is 32.1. The Labute approximate surface area is 159 Å². The summed E-state index contributed by atoms with van der Waals surface area (Å²) in [5.74, 6) is -0.0869. The van der Waals surface area contributed by atoms with E-state index in [0.717, 1.165) is 15.2 Å². The van der Waals surface area contributed by atoms with Crippen LogP contribution in [0, 0.1) is 0 Å². The summed E-state index contributed by atoms with van der Waals surface area (Å²) in [6.45, 7) is 0.840. The number of nitrogens with one attached hydrogen (secondary N) is 1. The van der Waals surface area contributed by atoms with Crippen LogP contribution in [0.15, 0.2) is 59.7 Å². The fourth-order valence-corrected chi connectivity index (χ4v) is 3.88. The van der Waals surface area contributed by atoms with Gasteiger partial charge in [0.15, 0.2) is 0 Å². The molecule has 1 N–H and O–H groups in total. The summed E-state index contributed by atoms with van der Waals surface area (Å²) in [4.78, 5) is 33.3. The van der Waals surface area contributed by atoms with Crippen molar-refractivity contribution in [3.05, 3.63) is 70.2 Å². The highest BCUT2D eigenvalue weighted by Crippen LogP contribution is 2.21. The lowest BCUT2D eigenvalue weighted by atomic mass is 10.2. The fraction of sp³-hybridized carbons (Fsp3) is 0.200. The summed E-state index contributed by atoms with van der Waals surface area (Å²) in [6.07, 6.45) is 2.43. The van der Waals surface area contributed by atoms with Gasteiger partial charge in [0.2, 0.25) is 5.91 Å². The Morgan fingerprint density at radius 2 is 1.85 bits per heavy atom. The molecule has 6 nitrogen and oxygen atoms in total. The lowest BCUT2D eigenvalue weighted by molar-refractivity contribution is -0.121. The number of hydrogen-bond acceptors (Lipinski definition) is 5. The second-order valence-corrected chi connectivity index (χ2v) is 7.30. The first-order valence-electron chi connectivity index (χ1n) is 8.76. The summed E-state index contributed by atoms with van der Waals surface area (Å²) < 4.78 is 2.64. The molecular formula is C20H18N4O2S. The Bertz CT molecular complexity index is 1130. The Morgan fingerprint density at radius 3 is 2.70 bits per heavy atom. The van der Waals surface area contributed by atoms with Crippen molar-refractivity contribution in [1.82, 2.24) is 19.9 Å². The van der Waals surface area contributed by atoms with E-state index in [-0.39, 0.29) is 17.9 Å². The van der Waals surface area contributed by atoms with E-state index in [0.29, 0.717) is 30.4 Å². The van der Waals surface area contributed by atoms with Gasteiger partial charge in [-0.25, -0.2) is 9.97 Å². The normalized spacial score (nSPS) is 11.1. The molecule has 0 aliphatic heterocycles. The van der Waals surface area contributed by atoms with Crippen LogP contribution in [0.1, 0.15) is 11.4 Å². The van der Waals surface area contributed by atoms with E-state index < -0.39 is 0 Å². The fourth-order valence-electron chi connectivity index (χ4n) is 2.91. The van der Waals surface area contributed by atoms with Gasteiger partial charge in [-0.3, -0.25) is 14.2 Å². The van der Waals surface area contributed by atoms with Crippen molar-refractivity contribution in [2.45, 2.75) is 19.4 Å². The van der Waals surface area contributed by atoms with Crippen LogP contribution in [-0.2, 0) is 17.8 Å². The average molecular weight is 378 g/mol. The molecule has 2 aromatic heterocycles.